The molecule has 0 saturated carbocycles. The molecule has 3 heterocycles. The minimum atomic E-state index is 0.406. The molecule has 0 aromatic carbocycles. The Hall–Kier alpha value is -2.04. The molecule has 2 aromatic heterocycles. The lowest BCUT2D eigenvalue weighted by Crippen LogP contribution is -2.46. The zero-order valence-corrected chi connectivity index (χ0v) is 13.1. The van der Waals surface area contributed by atoms with Crippen molar-refractivity contribution in [3.05, 3.63) is 40.9 Å². The first-order chi connectivity index (χ1) is 10.0. The topological polar surface area (TPSA) is 54.8 Å². The lowest BCUT2D eigenvalue weighted by Gasteiger charge is -2.39. The van der Waals surface area contributed by atoms with E-state index in [9.17, 15) is 0 Å². The molecule has 0 spiro atoms. The van der Waals surface area contributed by atoms with Crippen LogP contribution in [0, 0.1) is 20.8 Å². The Bertz CT molecular complexity index is 641. The summed E-state index contributed by atoms with van der Waals surface area (Å²) in [6.07, 6.45) is 0.938. The van der Waals surface area contributed by atoms with Crippen LogP contribution in [-0.4, -0.2) is 33.0 Å². The van der Waals surface area contributed by atoms with Crippen LogP contribution in [0.1, 0.15) is 41.6 Å². The van der Waals surface area contributed by atoms with Crippen molar-refractivity contribution in [1.29, 1.82) is 0 Å². The van der Waals surface area contributed by atoms with E-state index in [-0.39, 0.29) is 0 Å². The molecule has 0 bridgehead atoms. The van der Waals surface area contributed by atoms with Crippen molar-refractivity contribution in [3.8, 4) is 0 Å². The van der Waals surface area contributed by atoms with E-state index in [1.54, 1.807) is 0 Å². The van der Waals surface area contributed by atoms with Crippen molar-refractivity contribution in [2.24, 2.45) is 0 Å². The van der Waals surface area contributed by atoms with Crippen molar-refractivity contribution in [3.63, 3.8) is 0 Å². The van der Waals surface area contributed by atoms with Gasteiger partial charge in [0.2, 0.25) is 0 Å². The van der Waals surface area contributed by atoms with Gasteiger partial charge in [-0.15, -0.1) is 0 Å². The van der Waals surface area contributed by atoms with E-state index >= 15 is 0 Å². The quantitative estimate of drug-likeness (QED) is 0.865. The summed E-state index contributed by atoms with van der Waals surface area (Å²) in [7, 11) is 0. The van der Waals surface area contributed by atoms with Crippen LogP contribution in [0.5, 0.6) is 0 Å². The molecule has 3 rings (SSSR count). The number of anilines is 1. The van der Waals surface area contributed by atoms with Gasteiger partial charge in [0, 0.05) is 36.2 Å². The number of aromatic nitrogens is 4. The van der Waals surface area contributed by atoms with Crippen LogP contribution < -0.4 is 4.90 Å². The Balaban J connectivity index is 1.74. The molecule has 2 aromatic rings. The molecule has 5 nitrogen and oxygen atoms in total. The Morgan fingerprint density at radius 2 is 1.67 bits per heavy atom. The first kappa shape index (κ1) is 13.9. The molecule has 21 heavy (non-hydrogen) atoms. The third-order valence-electron chi connectivity index (χ3n) is 3.81. The number of hydrogen-bond acceptors (Lipinski definition) is 5. The zero-order valence-electron chi connectivity index (χ0n) is 13.1. The SMILES string of the molecule is CCc1cc(N2CC(c3nc(C)cc(C)n3)C2)nc(C)n1. The fourth-order valence-corrected chi connectivity index (χ4v) is 2.72. The molecule has 0 atom stereocenters. The van der Waals surface area contributed by atoms with E-state index in [1.807, 2.05) is 26.8 Å². The van der Waals surface area contributed by atoms with Gasteiger partial charge in [-0.2, -0.15) is 0 Å². The van der Waals surface area contributed by atoms with Crippen LogP contribution >= 0.6 is 0 Å². The first-order valence-electron chi connectivity index (χ1n) is 7.47. The van der Waals surface area contributed by atoms with E-state index < -0.39 is 0 Å². The second-order valence-corrected chi connectivity index (χ2v) is 5.73. The highest BCUT2D eigenvalue weighted by molar-refractivity contribution is 5.44. The molecule has 1 fully saturated rings. The van der Waals surface area contributed by atoms with Crippen LogP contribution in [0.25, 0.3) is 0 Å². The molecule has 1 aliphatic heterocycles. The van der Waals surface area contributed by atoms with Gasteiger partial charge in [-0.1, -0.05) is 6.92 Å². The van der Waals surface area contributed by atoms with Gasteiger partial charge in [0.15, 0.2) is 0 Å². The van der Waals surface area contributed by atoms with Crippen molar-refractivity contribution in [2.45, 2.75) is 40.0 Å². The van der Waals surface area contributed by atoms with E-state index in [2.05, 4.69) is 37.8 Å². The molecular formula is C16H21N5. The van der Waals surface area contributed by atoms with Crippen molar-refractivity contribution in [2.75, 3.05) is 18.0 Å². The first-order valence-corrected chi connectivity index (χ1v) is 7.47. The third-order valence-corrected chi connectivity index (χ3v) is 3.81. The fraction of sp³-hybridized carbons (Fsp3) is 0.500. The van der Waals surface area contributed by atoms with Gasteiger partial charge in [-0.25, -0.2) is 19.9 Å². The lowest BCUT2D eigenvalue weighted by molar-refractivity contribution is 0.493. The van der Waals surface area contributed by atoms with Crippen LogP contribution in [0.4, 0.5) is 5.82 Å². The average molecular weight is 283 g/mol. The predicted molar refractivity (Wildman–Crippen MR) is 82.6 cm³/mol. The monoisotopic (exact) mass is 283 g/mol. The van der Waals surface area contributed by atoms with E-state index in [4.69, 9.17) is 0 Å². The minimum absolute atomic E-state index is 0.406. The maximum absolute atomic E-state index is 4.56. The zero-order chi connectivity index (χ0) is 15.0. The fourth-order valence-electron chi connectivity index (χ4n) is 2.72. The minimum Gasteiger partial charge on any atom is -0.355 e. The maximum Gasteiger partial charge on any atom is 0.135 e. The molecule has 5 heteroatoms. The summed E-state index contributed by atoms with van der Waals surface area (Å²) >= 11 is 0. The number of rotatable bonds is 3. The van der Waals surface area contributed by atoms with Gasteiger partial charge in [-0.3, -0.25) is 0 Å². The van der Waals surface area contributed by atoms with Crippen LogP contribution in [0.15, 0.2) is 12.1 Å². The average Bonchev–Trinajstić information content (AvgIpc) is 2.35. The number of hydrogen-bond donors (Lipinski definition) is 0. The second-order valence-electron chi connectivity index (χ2n) is 5.73. The van der Waals surface area contributed by atoms with Gasteiger partial charge < -0.3 is 4.90 Å². The number of aryl methyl sites for hydroxylation is 4. The predicted octanol–water partition coefficient (Wildman–Crippen LogP) is 2.36. The Morgan fingerprint density at radius 3 is 2.29 bits per heavy atom. The summed E-state index contributed by atoms with van der Waals surface area (Å²) in [4.78, 5) is 20.4. The van der Waals surface area contributed by atoms with Gasteiger partial charge in [0.1, 0.15) is 17.5 Å². The molecular weight excluding hydrogens is 262 g/mol. The summed E-state index contributed by atoms with van der Waals surface area (Å²) in [5.74, 6) is 3.24. The highest BCUT2D eigenvalue weighted by atomic mass is 15.3. The van der Waals surface area contributed by atoms with Crippen molar-refractivity contribution < 1.29 is 0 Å². The molecule has 0 N–H and O–H groups in total. The lowest BCUT2D eigenvalue weighted by atomic mass is 9.99. The van der Waals surface area contributed by atoms with Crippen LogP contribution in [0.3, 0.4) is 0 Å². The molecule has 0 unspecified atom stereocenters. The smallest absolute Gasteiger partial charge is 0.135 e. The van der Waals surface area contributed by atoms with Crippen molar-refractivity contribution in [1.82, 2.24) is 19.9 Å². The summed E-state index contributed by atoms with van der Waals surface area (Å²) in [6, 6.07) is 4.10. The Kier molecular flexibility index (Phi) is 3.57. The summed E-state index contributed by atoms with van der Waals surface area (Å²) in [6.45, 7) is 9.98. The van der Waals surface area contributed by atoms with Crippen LogP contribution in [-0.2, 0) is 6.42 Å². The van der Waals surface area contributed by atoms with E-state index in [0.717, 1.165) is 54.1 Å². The molecule has 1 aliphatic rings. The van der Waals surface area contributed by atoms with Gasteiger partial charge in [-0.05, 0) is 33.3 Å². The highest BCUT2D eigenvalue weighted by Crippen LogP contribution is 2.29. The molecule has 110 valence electrons. The van der Waals surface area contributed by atoms with Gasteiger partial charge in [0.25, 0.3) is 0 Å². The van der Waals surface area contributed by atoms with Gasteiger partial charge in [0.05, 0.1) is 5.92 Å². The van der Waals surface area contributed by atoms with E-state index in [1.165, 1.54) is 0 Å². The Labute approximate surface area is 125 Å². The summed E-state index contributed by atoms with van der Waals surface area (Å²) in [5, 5.41) is 0. The number of nitrogens with zero attached hydrogens (tertiary/aromatic N) is 5. The molecule has 1 saturated heterocycles. The highest BCUT2D eigenvalue weighted by Gasteiger charge is 2.31. The molecule has 0 aliphatic carbocycles. The van der Waals surface area contributed by atoms with Crippen molar-refractivity contribution >= 4 is 5.82 Å². The molecule has 0 amide bonds. The third kappa shape index (κ3) is 2.86. The van der Waals surface area contributed by atoms with E-state index in [0.29, 0.717) is 5.92 Å². The second kappa shape index (κ2) is 5.39. The normalized spacial score (nSPS) is 15.1. The molecule has 0 radical (unpaired) electrons. The largest absolute Gasteiger partial charge is 0.355 e. The Morgan fingerprint density at radius 1 is 1.00 bits per heavy atom. The maximum atomic E-state index is 4.56. The van der Waals surface area contributed by atoms with Crippen LogP contribution in [0.2, 0.25) is 0 Å². The summed E-state index contributed by atoms with van der Waals surface area (Å²) < 4.78 is 0. The van der Waals surface area contributed by atoms with Gasteiger partial charge >= 0.3 is 0 Å². The standard InChI is InChI=1S/C16H21N5/c1-5-14-7-15(20-12(4)19-14)21-8-13(9-21)16-17-10(2)6-11(3)18-16/h6-7,13H,5,8-9H2,1-4H3. The summed E-state index contributed by atoms with van der Waals surface area (Å²) in [5.41, 5.74) is 3.19.